The summed E-state index contributed by atoms with van der Waals surface area (Å²) in [6, 6.07) is 15.9. The topological polar surface area (TPSA) is 6.48 Å². The molecule has 2 nitrogen and oxygen atoms in total. The number of thioether (sulfide) groups is 1. The average Bonchev–Trinajstić information content (AvgIpc) is 2.54. The lowest BCUT2D eigenvalue weighted by Crippen LogP contribution is -2.45. The molecule has 3 rings (SSSR count). The minimum absolute atomic E-state index is 0.0710. The summed E-state index contributed by atoms with van der Waals surface area (Å²) in [6.07, 6.45) is 0.0710. The molecule has 2 aromatic rings. The quantitative estimate of drug-likeness (QED) is 0.624. The van der Waals surface area contributed by atoms with Gasteiger partial charge >= 0.3 is 0 Å². The van der Waals surface area contributed by atoms with Gasteiger partial charge in [0.1, 0.15) is 10.5 Å². The first kappa shape index (κ1) is 17.1. The van der Waals surface area contributed by atoms with Gasteiger partial charge in [-0.25, -0.2) is 0 Å². The fourth-order valence-corrected chi connectivity index (χ4v) is 4.44. The van der Waals surface area contributed by atoms with Gasteiger partial charge in [0.2, 0.25) is 0 Å². The van der Waals surface area contributed by atoms with E-state index in [1.165, 1.54) is 11.1 Å². The van der Waals surface area contributed by atoms with Crippen LogP contribution in [0.2, 0.25) is 10.0 Å². The molecule has 0 N–H and O–H groups in total. The summed E-state index contributed by atoms with van der Waals surface area (Å²) in [5.74, 6) is 0. The highest BCUT2D eigenvalue weighted by molar-refractivity contribution is 8.23. The van der Waals surface area contributed by atoms with Crippen LogP contribution in [-0.2, 0) is 0 Å². The molecule has 2 atom stereocenters. The van der Waals surface area contributed by atoms with E-state index in [0.29, 0.717) is 0 Å². The molecule has 0 saturated carbocycles. The molecule has 0 radical (unpaired) electrons. The number of hydrogen-bond acceptors (Lipinski definition) is 3. The van der Waals surface area contributed by atoms with Crippen molar-refractivity contribution in [2.75, 3.05) is 14.1 Å². The lowest BCUT2D eigenvalue weighted by atomic mass is 10.1. The molecule has 0 amide bonds. The molecule has 1 saturated heterocycles. The van der Waals surface area contributed by atoms with E-state index in [9.17, 15) is 0 Å². The third-order valence-corrected chi connectivity index (χ3v) is 6.34. The van der Waals surface area contributed by atoms with Gasteiger partial charge in [0.15, 0.2) is 0 Å². The van der Waals surface area contributed by atoms with E-state index in [2.05, 4.69) is 41.1 Å². The first-order chi connectivity index (χ1) is 11.0. The minimum atomic E-state index is 0.0710. The number of rotatable bonds is 2. The second-order valence-corrected chi connectivity index (χ2v) is 8.08. The van der Waals surface area contributed by atoms with Crippen molar-refractivity contribution in [1.82, 2.24) is 9.80 Å². The molecule has 6 heteroatoms. The Morgan fingerprint density at radius 1 is 0.870 bits per heavy atom. The van der Waals surface area contributed by atoms with E-state index in [1.807, 2.05) is 31.3 Å². The zero-order valence-electron chi connectivity index (χ0n) is 12.7. The van der Waals surface area contributed by atoms with Crippen molar-refractivity contribution in [2.24, 2.45) is 0 Å². The van der Waals surface area contributed by atoms with Crippen LogP contribution >= 0.6 is 47.2 Å². The van der Waals surface area contributed by atoms with Gasteiger partial charge in [-0.3, -0.25) is 4.90 Å². The first-order valence-electron chi connectivity index (χ1n) is 7.13. The van der Waals surface area contributed by atoms with Crippen LogP contribution < -0.4 is 0 Å². The van der Waals surface area contributed by atoms with Crippen molar-refractivity contribution in [1.29, 1.82) is 0 Å². The van der Waals surface area contributed by atoms with Crippen molar-refractivity contribution < 1.29 is 0 Å². The van der Waals surface area contributed by atoms with Crippen LogP contribution in [0.5, 0.6) is 0 Å². The van der Waals surface area contributed by atoms with E-state index < -0.39 is 0 Å². The maximum absolute atomic E-state index is 6.02. The molecule has 1 aliphatic heterocycles. The Balaban J connectivity index is 1.96. The van der Waals surface area contributed by atoms with Crippen LogP contribution in [0.1, 0.15) is 22.7 Å². The summed E-state index contributed by atoms with van der Waals surface area (Å²) < 4.78 is 0.878. The van der Waals surface area contributed by atoms with Crippen molar-refractivity contribution in [2.45, 2.75) is 11.5 Å². The molecule has 0 bridgehead atoms. The van der Waals surface area contributed by atoms with Crippen molar-refractivity contribution in [3.05, 3.63) is 69.7 Å². The van der Waals surface area contributed by atoms with Crippen molar-refractivity contribution >= 4 is 51.5 Å². The highest BCUT2D eigenvalue weighted by Crippen LogP contribution is 2.45. The van der Waals surface area contributed by atoms with E-state index in [0.717, 1.165) is 14.4 Å². The number of nitrogens with zero attached hydrogens (tertiary/aromatic N) is 2. The van der Waals surface area contributed by atoms with Gasteiger partial charge in [-0.05, 0) is 42.4 Å². The molecule has 1 fully saturated rings. The normalized spacial score (nSPS) is 22.4. The van der Waals surface area contributed by atoms with Gasteiger partial charge in [0.05, 0.1) is 5.37 Å². The third-order valence-electron chi connectivity index (χ3n) is 3.95. The van der Waals surface area contributed by atoms with Crippen LogP contribution in [0.3, 0.4) is 0 Å². The lowest BCUT2D eigenvalue weighted by Gasteiger charge is -2.46. The van der Waals surface area contributed by atoms with Gasteiger partial charge in [-0.15, -0.1) is 0 Å². The maximum Gasteiger partial charge on any atom is 0.139 e. The molecular weight excluding hydrogens is 367 g/mol. The summed E-state index contributed by atoms with van der Waals surface area (Å²) in [6.45, 7) is 0. The highest BCUT2D eigenvalue weighted by atomic mass is 35.5. The molecule has 1 heterocycles. The van der Waals surface area contributed by atoms with Crippen LogP contribution in [0.15, 0.2) is 48.5 Å². The number of thiocarbonyl (C=S) groups is 1. The summed E-state index contributed by atoms with van der Waals surface area (Å²) in [5, 5.41) is 1.63. The van der Waals surface area contributed by atoms with Crippen LogP contribution in [0.25, 0.3) is 0 Å². The molecular formula is C17H16Cl2N2S2. The highest BCUT2D eigenvalue weighted by Gasteiger charge is 2.36. The Morgan fingerprint density at radius 3 is 1.87 bits per heavy atom. The Labute approximate surface area is 156 Å². The molecule has 2 aromatic carbocycles. The number of halogens is 2. The number of hydrogen-bond donors (Lipinski definition) is 0. The van der Waals surface area contributed by atoms with Gasteiger partial charge < -0.3 is 4.90 Å². The van der Waals surface area contributed by atoms with E-state index in [1.54, 1.807) is 11.8 Å². The van der Waals surface area contributed by atoms with Gasteiger partial charge in [-0.1, -0.05) is 71.4 Å². The Hall–Kier alpha value is -0.780. The van der Waals surface area contributed by atoms with Crippen molar-refractivity contribution in [3.8, 4) is 0 Å². The lowest BCUT2D eigenvalue weighted by molar-refractivity contribution is 0.122. The molecule has 1 aliphatic rings. The van der Waals surface area contributed by atoms with Crippen LogP contribution in [0, 0.1) is 0 Å². The predicted molar refractivity (Wildman–Crippen MR) is 104 cm³/mol. The monoisotopic (exact) mass is 382 g/mol. The second kappa shape index (κ2) is 6.99. The second-order valence-electron chi connectivity index (χ2n) is 5.49. The molecule has 23 heavy (non-hydrogen) atoms. The molecule has 0 aliphatic carbocycles. The van der Waals surface area contributed by atoms with E-state index >= 15 is 0 Å². The molecule has 120 valence electrons. The summed E-state index contributed by atoms with van der Waals surface area (Å²) in [7, 11) is 4.15. The smallest absolute Gasteiger partial charge is 0.139 e. The Kier molecular flexibility index (Phi) is 5.19. The molecule has 2 unspecified atom stereocenters. The van der Waals surface area contributed by atoms with E-state index in [4.69, 9.17) is 35.4 Å². The van der Waals surface area contributed by atoms with Crippen molar-refractivity contribution in [3.63, 3.8) is 0 Å². The van der Waals surface area contributed by atoms with Gasteiger partial charge in [0, 0.05) is 17.1 Å². The van der Waals surface area contributed by atoms with Crippen LogP contribution in [-0.4, -0.2) is 28.2 Å². The SMILES string of the molecule is CN1C(=S)SC(c2ccc(Cl)cc2)N(C)C1c1ccc(Cl)cc1. The summed E-state index contributed by atoms with van der Waals surface area (Å²) >= 11 is 19.3. The third kappa shape index (κ3) is 3.52. The fraction of sp³-hybridized carbons (Fsp3) is 0.235. The standard InChI is InChI=1S/C17H16Cl2N2S2/c1-20-15(11-3-7-13(18)8-4-11)21(2)17(22)23-16(20)12-5-9-14(19)10-6-12/h3-10,15-16H,1-2H3. The molecule has 0 spiro atoms. The largest absolute Gasteiger partial charge is 0.341 e. The predicted octanol–water partition coefficient (Wildman–Crippen LogP) is 5.59. The minimum Gasteiger partial charge on any atom is -0.341 e. The first-order valence-corrected chi connectivity index (χ1v) is 9.18. The maximum atomic E-state index is 6.02. The molecule has 0 aromatic heterocycles. The van der Waals surface area contributed by atoms with E-state index in [-0.39, 0.29) is 11.5 Å². The summed E-state index contributed by atoms with van der Waals surface area (Å²) in [4.78, 5) is 4.43. The Bertz CT molecular complexity index is 704. The van der Waals surface area contributed by atoms with Gasteiger partial charge in [0.25, 0.3) is 0 Å². The van der Waals surface area contributed by atoms with Gasteiger partial charge in [-0.2, -0.15) is 0 Å². The zero-order valence-corrected chi connectivity index (χ0v) is 15.9. The fourth-order valence-electron chi connectivity index (χ4n) is 2.79. The summed E-state index contributed by atoms with van der Waals surface area (Å²) in [5.41, 5.74) is 2.36. The number of benzene rings is 2. The zero-order chi connectivity index (χ0) is 16.6. The Morgan fingerprint density at radius 2 is 1.35 bits per heavy atom. The average molecular weight is 383 g/mol. The van der Waals surface area contributed by atoms with Crippen LogP contribution in [0.4, 0.5) is 0 Å².